The van der Waals surface area contributed by atoms with Gasteiger partial charge in [0.15, 0.2) is 11.6 Å². The van der Waals surface area contributed by atoms with Crippen LogP contribution in [0.25, 0.3) is 17.1 Å². The number of anilines is 1. The molecule has 3 N–H and O–H groups in total. The van der Waals surface area contributed by atoms with Gasteiger partial charge in [-0.3, -0.25) is 0 Å². The first-order chi connectivity index (χ1) is 12.8. The predicted molar refractivity (Wildman–Crippen MR) is 95.9 cm³/mol. The molecule has 2 unspecified atom stereocenters. The fourth-order valence-electron chi connectivity index (χ4n) is 3.83. The third-order valence-electron chi connectivity index (χ3n) is 5.37. The first-order valence-electron chi connectivity index (χ1n) is 8.75. The Morgan fingerprint density at radius 3 is 2.81 bits per heavy atom. The molecule has 26 heavy (non-hydrogen) atoms. The minimum atomic E-state index is 0.108. The lowest BCUT2D eigenvalue weighted by molar-refractivity contribution is 0.476. The molecule has 132 valence electrons. The van der Waals surface area contributed by atoms with Gasteiger partial charge in [-0.25, -0.2) is 9.97 Å². The number of aromatic hydroxyl groups is 1. The fourth-order valence-corrected chi connectivity index (χ4v) is 3.83. The second-order valence-electron chi connectivity index (χ2n) is 6.87. The Morgan fingerprint density at radius 2 is 2.12 bits per heavy atom. The normalized spacial score (nSPS) is 23.6. The highest BCUT2D eigenvalue weighted by molar-refractivity contribution is 5.66. The molecule has 2 aromatic heterocycles. The molecule has 3 aromatic rings. The van der Waals surface area contributed by atoms with Crippen molar-refractivity contribution >= 4 is 5.82 Å². The number of aromatic nitrogens is 5. The van der Waals surface area contributed by atoms with Gasteiger partial charge in [-0.2, -0.15) is 0 Å². The van der Waals surface area contributed by atoms with Gasteiger partial charge < -0.3 is 20.3 Å². The number of rotatable bonds is 5. The van der Waals surface area contributed by atoms with Gasteiger partial charge >= 0.3 is 0 Å². The molecule has 1 aliphatic heterocycles. The molecule has 5 rings (SSSR count). The average Bonchev–Trinajstić information content (AvgIpc) is 3.09. The molecule has 0 amide bonds. The number of nitrogens with zero attached hydrogens (tertiary/aromatic N) is 5. The monoisotopic (exact) mass is 349 g/mol. The largest absolute Gasteiger partial charge is 0.507 e. The van der Waals surface area contributed by atoms with Crippen LogP contribution in [0.5, 0.6) is 5.75 Å². The first kappa shape index (κ1) is 15.3. The Hall–Kier alpha value is -3.00. The van der Waals surface area contributed by atoms with Gasteiger partial charge in [0.05, 0.1) is 23.8 Å². The summed E-state index contributed by atoms with van der Waals surface area (Å²) in [6, 6.07) is 5.33. The molecule has 1 aromatic carbocycles. The number of fused-ring (bicyclic) bond motifs is 1. The lowest BCUT2D eigenvalue weighted by Crippen LogP contribution is -2.19. The summed E-state index contributed by atoms with van der Waals surface area (Å²) < 4.78 is 1.82. The summed E-state index contributed by atoms with van der Waals surface area (Å²) in [4.78, 5) is 8.35. The highest BCUT2D eigenvalue weighted by Crippen LogP contribution is 2.48. The molecule has 0 radical (unpaired) electrons. The molecule has 1 saturated heterocycles. The van der Waals surface area contributed by atoms with Crippen molar-refractivity contribution < 1.29 is 5.11 Å². The minimum absolute atomic E-state index is 0.108. The van der Waals surface area contributed by atoms with E-state index in [0.717, 1.165) is 43.1 Å². The fraction of sp³-hybridized carbons (Fsp3) is 0.333. The van der Waals surface area contributed by atoms with Crippen molar-refractivity contribution in [3.8, 4) is 22.8 Å². The molecule has 2 aliphatic rings. The highest BCUT2D eigenvalue weighted by atomic mass is 16.3. The molecule has 2 fully saturated rings. The number of phenols is 1. The number of piperidine rings is 1. The molecule has 2 atom stereocenters. The van der Waals surface area contributed by atoms with E-state index >= 15 is 0 Å². The predicted octanol–water partition coefficient (Wildman–Crippen LogP) is 1.31. The van der Waals surface area contributed by atoms with Crippen LogP contribution in [0, 0.1) is 17.8 Å². The lowest BCUT2D eigenvalue weighted by atomic mass is 10.1. The van der Waals surface area contributed by atoms with Crippen LogP contribution in [0.3, 0.4) is 0 Å². The van der Waals surface area contributed by atoms with Crippen LogP contribution in [-0.2, 0) is 0 Å². The van der Waals surface area contributed by atoms with Crippen LogP contribution in [0.2, 0.25) is 0 Å². The van der Waals surface area contributed by atoms with Gasteiger partial charge in [0.25, 0.3) is 0 Å². The summed E-state index contributed by atoms with van der Waals surface area (Å²) in [5.74, 6) is 3.54. The molecule has 0 spiro atoms. The lowest BCUT2D eigenvalue weighted by Gasteiger charge is -2.08. The van der Waals surface area contributed by atoms with E-state index in [9.17, 15) is 5.11 Å². The minimum Gasteiger partial charge on any atom is -0.507 e. The number of nitrogens with one attached hydrogen (secondary N) is 2. The zero-order valence-electron chi connectivity index (χ0n) is 14.1. The van der Waals surface area contributed by atoms with Crippen molar-refractivity contribution in [3.05, 3.63) is 43.1 Å². The Kier molecular flexibility index (Phi) is 3.56. The van der Waals surface area contributed by atoms with E-state index in [2.05, 4.69) is 30.8 Å². The Labute approximate surface area is 150 Å². The van der Waals surface area contributed by atoms with E-state index < -0.39 is 0 Å². The van der Waals surface area contributed by atoms with E-state index in [4.69, 9.17) is 0 Å². The maximum absolute atomic E-state index is 10.3. The summed E-state index contributed by atoms with van der Waals surface area (Å²) in [5.41, 5.74) is 1.37. The zero-order chi connectivity index (χ0) is 17.5. The van der Waals surface area contributed by atoms with Gasteiger partial charge in [0.1, 0.15) is 5.75 Å². The van der Waals surface area contributed by atoms with Crippen LogP contribution in [-0.4, -0.2) is 49.5 Å². The quantitative estimate of drug-likeness (QED) is 0.638. The summed E-state index contributed by atoms with van der Waals surface area (Å²) >= 11 is 0. The second kappa shape index (κ2) is 6.06. The topological polar surface area (TPSA) is 101 Å². The number of hydrogen-bond acceptors (Lipinski definition) is 7. The SMILES string of the molecule is Oc1cc(-n2ccnc2)ccc1-c1ncc(NCC2C3CNCC32)nn1. The third-order valence-corrected chi connectivity index (χ3v) is 5.37. The third kappa shape index (κ3) is 2.68. The molecule has 8 heteroatoms. The van der Waals surface area contributed by atoms with Gasteiger partial charge in [-0.15, -0.1) is 10.2 Å². The summed E-state index contributed by atoms with van der Waals surface area (Å²) in [6.45, 7) is 3.18. The van der Waals surface area contributed by atoms with Gasteiger partial charge in [0.2, 0.25) is 0 Å². The van der Waals surface area contributed by atoms with Gasteiger partial charge in [-0.05, 0) is 43.0 Å². The van der Waals surface area contributed by atoms with Crippen LogP contribution < -0.4 is 10.6 Å². The van der Waals surface area contributed by atoms with Crippen molar-refractivity contribution in [3.63, 3.8) is 0 Å². The maximum Gasteiger partial charge on any atom is 0.185 e. The van der Waals surface area contributed by atoms with Crippen LogP contribution >= 0.6 is 0 Å². The number of imidazole rings is 1. The van der Waals surface area contributed by atoms with Crippen molar-refractivity contribution in [2.45, 2.75) is 0 Å². The molecular weight excluding hydrogens is 330 g/mol. The van der Waals surface area contributed by atoms with E-state index in [1.807, 2.05) is 16.8 Å². The Morgan fingerprint density at radius 1 is 1.23 bits per heavy atom. The number of phenolic OH excluding ortho intramolecular Hbond substituents is 1. The van der Waals surface area contributed by atoms with Crippen LogP contribution in [0.4, 0.5) is 5.82 Å². The van der Waals surface area contributed by atoms with Gasteiger partial charge in [-0.1, -0.05) is 0 Å². The van der Waals surface area contributed by atoms with Gasteiger partial charge in [0, 0.05) is 25.0 Å². The zero-order valence-corrected chi connectivity index (χ0v) is 14.1. The van der Waals surface area contributed by atoms with Crippen molar-refractivity contribution in [1.29, 1.82) is 0 Å². The molecule has 3 heterocycles. The van der Waals surface area contributed by atoms with E-state index in [1.54, 1.807) is 30.9 Å². The Balaban J connectivity index is 1.28. The standard InChI is InChI=1S/C18H19N7O/c26-16-5-11(25-4-3-19-10-25)1-2-12(16)18-22-9-17(23-24-18)21-8-15-13-6-20-7-14(13)15/h1-5,9-10,13-15,20,26H,6-8H2,(H,21,23). The molecule has 1 aliphatic carbocycles. The highest BCUT2D eigenvalue weighted by Gasteiger charge is 2.52. The van der Waals surface area contributed by atoms with Crippen molar-refractivity contribution in [2.24, 2.45) is 17.8 Å². The first-order valence-corrected chi connectivity index (χ1v) is 8.75. The summed E-state index contributed by atoms with van der Waals surface area (Å²) in [6.07, 6.45) is 6.85. The van der Waals surface area contributed by atoms with E-state index in [0.29, 0.717) is 17.2 Å². The Bertz CT molecular complexity index is 900. The average molecular weight is 349 g/mol. The van der Waals surface area contributed by atoms with Crippen LogP contribution in [0.1, 0.15) is 0 Å². The molecular formula is C18H19N7O. The number of benzene rings is 1. The summed E-state index contributed by atoms with van der Waals surface area (Å²) in [7, 11) is 0. The smallest absolute Gasteiger partial charge is 0.185 e. The van der Waals surface area contributed by atoms with E-state index in [1.165, 1.54) is 0 Å². The van der Waals surface area contributed by atoms with Crippen molar-refractivity contribution in [1.82, 2.24) is 30.0 Å². The van der Waals surface area contributed by atoms with Crippen molar-refractivity contribution in [2.75, 3.05) is 25.0 Å². The molecule has 8 nitrogen and oxygen atoms in total. The molecule has 0 bridgehead atoms. The summed E-state index contributed by atoms with van der Waals surface area (Å²) in [5, 5.41) is 25.4. The second-order valence-corrected chi connectivity index (χ2v) is 6.87. The maximum atomic E-state index is 10.3. The molecule has 1 saturated carbocycles. The van der Waals surface area contributed by atoms with E-state index in [-0.39, 0.29) is 5.75 Å². The van der Waals surface area contributed by atoms with Crippen LogP contribution in [0.15, 0.2) is 43.1 Å². The number of hydrogen-bond donors (Lipinski definition) is 3.